The van der Waals surface area contributed by atoms with E-state index in [4.69, 9.17) is 29.0 Å². The minimum absolute atomic E-state index is 0.0595. The van der Waals surface area contributed by atoms with Gasteiger partial charge in [-0.25, -0.2) is 10.1 Å². The fourth-order valence-corrected chi connectivity index (χ4v) is 1.66. The number of anilines is 1. The second-order valence-corrected chi connectivity index (χ2v) is 4.30. The van der Waals surface area contributed by atoms with Crippen LogP contribution in [0.4, 0.5) is 11.6 Å². The van der Waals surface area contributed by atoms with Crippen molar-refractivity contribution in [1.29, 1.82) is 0 Å². The summed E-state index contributed by atoms with van der Waals surface area (Å²) < 4.78 is 1.11. The first-order valence-corrected chi connectivity index (χ1v) is 5.82. The monoisotopic (exact) mass is 315 g/mol. The van der Waals surface area contributed by atoms with Crippen LogP contribution in [0.1, 0.15) is 5.56 Å². The Labute approximate surface area is 122 Å². The zero-order chi connectivity index (χ0) is 14.7. The Morgan fingerprint density at radius 2 is 2.25 bits per heavy atom. The van der Waals surface area contributed by atoms with Crippen molar-refractivity contribution in [2.75, 3.05) is 11.3 Å². The lowest BCUT2D eigenvalue weighted by molar-refractivity contribution is -0.384. The first kappa shape index (κ1) is 14.0. The van der Waals surface area contributed by atoms with Crippen LogP contribution in [0.3, 0.4) is 0 Å². The maximum absolute atomic E-state index is 10.7. The van der Waals surface area contributed by atoms with Gasteiger partial charge in [0.1, 0.15) is 6.33 Å². The lowest BCUT2D eigenvalue weighted by atomic mass is 10.2. The molecule has 9 nitrogen and oxygen atoms in total. The lowest BCUT2D eigenvalue weighted by Crippen LogP contribution is -2.10. The first-order chi connectivity index (χ1) is 9.49. The molecule has 0 saturated carbocycles. The Morgan fingerprint density at radius 3 is 2.85 bits per heavy atom. The molecule has 0 saturated heterocycles. The van der Waals surface area contributed by atoms with Crippen molar-refractivity contribution in [2.24, 2.45) is 5.10 Å². The number of nitrogens with two attached hydrogens (primary N) is 1. The van der Waals surface area contributed by atoms with Crippen LogP contribution in [-0.2, 0) is 0 Å². The number of nitro groups is 1. The van der Waals surface area contributed by atoms with E-state index in [2.05, 4.69) is 20.7 Å². The highest BCUT2D eigenvalue weighted by molar-refractivity contribution is 6.43. The van der Waals surface area contributed by atoms with Crippen LogP contribution in [-0.4, -0.2) is 26.0 Å². The van der Waals surface area contributed by atoms with Crippen LogP contribution in [0.25, 0.3) is 0 Å². The summed E-state index contributed by atoms with van der Waals surface area (Å²) in [5, 5.41) is 21.9. The Hall–Kier alpha value is -2.39. The van der Waals surface area contributed by atoms with Gasteiger partial charge in [0.15, 0.2) is 0 Å². The molecular weight excluding hydrogens is 309 g/mol. The van der Waals surface area contributed by atoms with Gasteiger partial charge < -0.3 is 5.84 Å². The highest BCUT2D eigenvalue weighted by atomic mass is 35.5. The molecule has 0 aliphatic carbocycles. The van der Waals surface area contributed by atoms with E-state index in [1.165, 1.54) is 18.6 Å². The summed E-state index contributed by atoms with van der Waals surface area (Å²) in [6.45, 7) is 0. The second kappa shape index (κ2) is 5.72. The van der Waals surface area contributed by atoms with E-state index in [0.29, 0.717) is 0 Å². The molecule has 1 aromatic heterocycles. The van der Waals surface area contributed by atoms with Crippen LogP contribution >= 0.6 is 23.2 Å². The molecule has 11 heteroatoms. The van der Waals surface area contributed by atoms with Crippen molar-refractivity contribution in [3.05, 3.63) is 44.2 Å². The van der Waals surface area contributed by atoms with Crippen molar-refractivity contribution in [3.63, 3.8) is 0 Å². The van der Waals surface area contributed by atoms with Crippen LogP contribution in [0.2, 0.25) is 10.0 Å². The van der Waals surface area contributed by atoms with E-state index >= 15 is 0 Å². The number of nitro benzene ring substituents is 1. The molecule has 0 unspecified atom stereocenters. The van der Waals surface area contributed by atoms with Gasteiger partial charge in [-0.15, -0.1) is 10.2 Å². The minimum atomic E-state index is -0.580. The van der Waals surface area contributed by atoms with E-state index < -0.39 is 4.92 Å². The fraction of sp³-hybridized carbons (Fsp3) is 0. The molecule has 2 rings (SSSR count). The molecular formula is C9H7Cl2N7O2. The number of hydrazone groups is 1. The third-order valence-electron chi connectivity index (χ3n) is 2.19. The molecule has 0 spiro atoms. The van der Waals surface area contributed by atoms with E-state index in [9.17, 15) is 10.1 Å². The average Bonchev–Trinajstić information content (AvgIpc) is 2.80. The summed E-state index contributed by atoms with van der Waals surface area (Å²) in [5.41, 5.74) is 2.59. The normalized spacial score (nSPS) is 10.9. The molecule has 1 aromatic carbocycles. The van der Waals surface area contributed by atoms with Crippen molar-refractivity contribution >= 4 is 41.1 Å². The Kier molecular flexibility index (Phi) is 4.01. The van der Waals surface area contributed by atoms with Crippen LogP contribution in [0.15, 0.2) is 23.6 Å². The summed E-state index contributed by atoms with van der Waals surface area (Å²) in [4.78, 5) is 10.1. The molecule has 0 bridgehead atoms. The van der Waals surface area contributed by atoms with Crippen molar-refractivity contribution in [3.8, 4) is 0 Å². The lowest BCUT2D eigenvalue weighted by Gasteiger charge is -2.01. The summed E-state index contributed by atoms with van der Waals surface area (Å²) in [6, 6.07) is 2.40. The van der Waals surface area contributed by atoms with Gasteiger partial charge in [0.2, 0.25) is 0 Å². The van der Waals surface area contributed by atoms with Crippen LogP contribution < -0.4 is 11.3 Å². The largest absolute Gasteiger partial charge is 0.335 e. The maximum atomic E-state index is 10.7. The molecule has 104 valence electrons. The summed E-state index contributed by atoms with van der Waals surface area (Å²) >= 11 is 11.7. The highest BCUT2D eigenvalue weighted by Crippen LogP contribution is 2.29. The quantitative estimate of drug-likeness (QED) is 0.382. The van der Waals surface area contributed by atoms with Gasteiger partial charge in [-0.3, -0.25) is 10.1 Å². The molecule has 0 atom stereocenters. The van der Waals surface area contributed by atoms with Gasteiger partial charge in [0.05, 0.1) is 21.2 Å². The Morgan fingerprint density at radius 1 is 1.50 bits per heavy atom. The molecule has 0 radical (unpaired) electrons. The van der Waals surface area contributed by atoms with Gasteiger partial charge >= 0.3 is 0 Å². The first-order valence-electron chi connectivity index (χ1n) is 5.06. The number of nitrogens with zero attached hydrogens (tertiary/aromatic N) is 5. The van der Waals surface area contributed by atoms with E-state index in [-0.39, 0.29) is 27.2 Å². The summed E-state index contributed by atoms with van der Waals surface area (Å²) in [6.07, 6.45) is 2.53. The predicted octanol–water partition coefficient (Wildman–Crippen LogP) is 1.65. The number of rotatable bonds is 4. The molecule has 3 N–H and O–H groups in total. The zero-order valence-corrected chi connectivity index (χ0v) is 11.2. The van der Waals surface area contributed by atoms with Crippen molar-refractivity contribution < 1.29 is 4.92 Å². The summed E-state index contributed by atoms with van der Waals surface area (Å²) in [7, 11) is 0. The van der Waals surface area contributed by atoms with Crippen molar-refractivity contribution in [1.82, 2.24) is 14.9 Å². The van der Waals surface area contributed by atoms with Crippen LogP contribution in [0.5, 0.6) is 0 Å². The average molecular weight is 316 g/mol. The van der Waals surface area contributed by atoms with Crippen molar-refractivity contribution in [2.45, 2.75) is 0 Å². The minimum Gasteiger partial charge on any atom is -0.335 e. The number of nitrogen functional groups attached to an aromatic ring is 1. The third kappa shape index (κ3) is 2.95. The van der Waals surface area contributed by atoms with E-state index in [0.717, 1.165) is 10.7 Å². The fourth-order valence-electron chi connectivity index (χ4n) is 1.28. The molecule has 1 heterocycles. The Balaban J connectivity index is 2.24. The predicted molar refractivity (Wildman–Crippen MR) is 74.5 cm³/mol. The van der Waals surface area contributed by atoms with Crippen LogP contribution in [0, 0.1) is 10.1 Å². The maximum Gasteiger partial charge on any atom is 0.271 e. The van der Waals surface area contributed by atoms with Gasteiger partial charge in [0, 0.05) is 17.7 Å². The molecule has 20 heavy (non-hydrogen) atoms. The van der Waals surface area contributed by atoms with E-state index in [1.54, 1.807) is 0 Å². The van der Waals surface area contributed by atoms with Gasteiger partial charge in [-0.05, 0) is 0 Å². The van der Waals surface area contributed by atoms with Gasteiger partial charge in [0.25, 0.3) is 11.6 Å². The summed E-state index contributed by atoms with van der Waals surface area (Å²) in [5.74, 6) is 5.65. The SMILES string of the molecule is Nn1cnnc1N/N=C\c1cc([N+](=O)[O-])cc(Cl)c1Cl. The molecule has 0 fully saturated rings. The molecule has 2 aromatic rings. The van der Waals surface area contributed by atoms with E-state index in [1.807, 2.05) is 0 Å². The number of hydrogen-bond acceptors (Lipinski definition) is 7. The number of halogens is 2. The Bertz CT molecular complexity index is 685. The standard InChI is InChI=1S/C9H7Cl2N7O2/c10-7-2-6(18(19)20)1-5(8(7)11)3-13-15-9-16-14-4-17(9)12/h1-4H,12H2,(H,15,16)/b13-3-. The number of benzene rings is 1. The smallest absolute Gasteiger partial charge is 0.271 e. The number of non-ortho nitro benzene ring substituents is 1. The molecule has 0 amide bonds. The number of aromatic nitrogens is 3. The number of hydrogen-bond donors (Lipinski definition) is 2. The molecule has 0 aliphatic heterocycles. The second-order valence-electron chi connectivity index (χ2n) is 3.52. The molecule has 0 aliphatic rings. The van der Waals surface area contributed by atoms with Gasteiger partial charge in [-0.2, -0.15) is 5.10 Å². The number of nitrogens with one attached hydrogen (secondary N) is 1. The zero-order valence-electron chi connectivity index (χ0n) is 9.70. The van der Waals surface area contributed by atoms with Gasteiger partial charge in [-0.1, -0.05) is 23.2 Å². The topological polar surface area (TPSA) is 124 Å². The third-order valence-corrected chi connectivity index (χ3v) is 3.01. The highest BCUT2D eigenvalue weighted by Gasteiger charge is 2.13.